The molecule has 3 aromatic rings. The van der Waals surface area contributed by atoms with Gasteiger partial charge in [-0.15, -0.1) is 0 Å². The first kappa shape index (κ1) is 18.4. The molecule has 0 aliphatic heterocycles. The van der Waals surface area contributed by atoms with Crippen molar-refractivity contribution in [2.75, 3.05) is 23.1 Å². The standard InChI is InChI=1S/C16H12N2S2.C2H6OS/c19-15-13(17-11-7-3-1-4-8-11)14(16(15)20)18-12-9-5-2-6-10-12;1-4(2)3/h1-10,17-18H;1-2H3. The normalized spacial score (nSPS) is 10.1. The minimum atomic E-state index is -0.611. The zero-order valence-electron chi connectivity index (χ0n) is 13.4. The van der Waals surface area contributed by atoms with Gasteiger partial charge in [0, 0.05) is 34.7 Å². The molecule has 0 bridgehead atoms. The fourth-order valence-corrected chi connectivity index (χ4v) is 2.47. The summed E-state index contributed by atoms with van der Waals surface area (Å²) in [6, 6.07) is 19.9. The van der Waals surface area contributed by atoms with Gasteiger partial charge in [-0.25, -0.2) is 0 Å². The van der Waals surface area contributed by atoms with Gasteiger partial charge in [-0.05, 0) is 24.3 Å². The lowest BCUT2D eigenvalue weighted by molar-refractivity contribution is 0.690. The van der Waals surface area contributed by atoms with E-state index in [2.05, 4.69) is 10.6 Å². The van der Waals surface area contributed by atoms with Crippen LogP contribution in [0.2, 0.25) is 0 Å². The summed E-state index contributed by atoms with van der Waals surface area (Å²) in [6.07, 6.45) is 3.28. The van der Waals surface area contributed by atoms with E-state index in [1.807, 2.05) is 60.7 Å². The summed E-state index contributed by atoms with van der Waals surface area (Å²) in [6.45, 7) is 0. The monoisotopic (exact) mass is 374 g/mol. The van der Waals surface area contributed by atoms with Gasteiger partial charge in [0.05, 0.1) is 20.4 Å². The first-order valence-corrected chi connectivity index (χ1v) is 10.00. The largest absolute Gasteiger partial charge is 0.353 e. The molecule has 0 saturated heterocycles. The van der Waals surface area contributed by atoms with E-state index in [-0.39, 0.29) is 0 Å². The van der Waals surface area contributed by atoms with Gasteiger partial charge < -0.3 is 10.6 Å². The van der Waals surface area contributed by atoms with Gasteiger partial charge in [0.25, 0.3) is 0 Å². The second-order valence-corrected chi connectivity index (χ2v) is 7.43. The zero-order valence-corrected chi connectivity index (χ0v) is 15.9. The van der Waals surface area contributed by atoms with Crippen LogP contribution in [0, 0.1) is 9.02 Å². The van der Waals surface area contributed by atoms with Crippen LogP contribution in [0.5, 0.6) is 0 Å². The van der Waals surface area contributed by atoms with E-state index >= 15 is 0 Å². The van der Waals surface area contributed by atoms with Crippen LogP contribution in [0.1, 0.15) is 0 Å². The Labute approximate surface area is 154 Å². The number of hydrogen-bond acceptors (Lipinski definition) is 5. The van der Waals surface area contributed by atoms with Crippen LogP contribution in [0.3, 0.4) is 0 Å². The van der Waals surface area contributed by atoms with E-state index in [1.54, 1.807) is 12.5 Å². The molecule has 6 heteroatoms. The highest BCUT2D eigenvalue weighted by atomic mass is 32.2. The van der Waals surface area contributed by atoms with E-state index in [9.17, 15) is 4.21 Å². The van der Waals surface area contributed by atoms with Crippen LogP contribution in [0.25, 0.3) is 0 Å². The van der Waals surface area contributed by atoms with Gasteiger partial charge in [-0.1, -0.05) is 60.8 Å². The number of benzene rings is 2. The summed E-state index contributed by atoms with van der Waals surface area (Å²) in [7, 11) is -0.611. The maximum Gasteiger partial charge on any atom is 0.0838 e. The number of rotatable bonds is 4. The Bertz CT molecular complexity index is 812. The van der Waals surface area contributed by atoms with E-state index in [0.29, 0.717) is 9.02 Å². The van der Waals surface area contributed by atoms with Gasteiger partial charge in [-0.3, -0.25) is 4.21 Å². The average molecular weight is 375 g/mol. The Morgan fingerprint density at radius 2 is 1.00 bits per heavy atom. The molecule has 0 radical (unpaired) electrons. The van der Waals surface area contributed by atoms with Crippen molar-refractivity contribution in [2.24, 2.45) is 0 Å². The van der Waals surface area contributed by atoms with Gasteiger partial charge in [0.2, 0.25) is 0 Å². The molecule has 3 aromatic carbocycles. The molecule has 0 fully saturated rings. The Kier molecular flexibility index (Phi) is 6.78. The Morgan fingerprint density at radius 3 is 1.29 bits per heavy atom. The lowest BCUT2D eigenvalue weighted by Crippen LogP contribution is -2.03. The quantitative estimate of drug-likeness (QED) is 0.590. The molecule has 0 amide bonds. The maximum atomic E-state index is 9.56. The van der Waals surface area contributed by atoms with Crippen molar-refractivity contribution in [1.29, 1.82) is 0 Å². The minimum Gasteiger partial charge on any atom is -0.353 e. The van der Waals surface area contributed by atoms with Crippen LogP contribution in [0.15, 0.2) is 60.7 Å². The third kappa shape index (κ3) is 5.06. The second kappa shape index (κ2) is 8.82. The van der Waals surface area contributed by atoms with Crippen molar-refractivity contribution in [3.05, 3.63) is 69.7 Å². The van der Waals surface area contributed by atoms with Crippen LogP contribution >= 0.6 is 24.4 Å². The average Bonchev–Trinajstić information content (AvgIpc) is 2.59. The van der Waals surface area contributed by atoms with Crippen LogP contribution in [-0.2, 0) is 10.8 Å². The van der Waals surface area contributed by atoms with Crippen LogP contribution in [0.4, 0.5) is 22.7 Å². The van der Waals surface area contributed by atoms with Crippen molar-refractivity contribution in [3.8, 4) is 0 Å². The molecule has 0 saturated carbocycles. The Morgan fingerprint density at radius 1 is 0.708 bits per heavy atom. The van der Waals surface area contributed by atoms with Gasteiger partial charge in [0.15, 0.2) is 0 Å². The summed E-state index contributed by atoms with van der Waals surface area (Å²) in [5.41, 5.74) is 3.78. The number of nitrogens with one attached hydrogen (secondary N) is 2. The van der Waals surface area contributed by atoms with E-state index < -0.39 is 10.8 Å². The topological polar surface area (TPSA) is 41.1 Å². The van der Waals surface area contributed by atoms with E-state index in [0.717, 1.165) is 22.7 Å². The molecule has 0 aliphatic carbocycles. The summed E-state index contributed by atoms with van der Waals surface area (Å²) < 4.78 is 11.0. The third-order valence-electron chi connectivity index (χ3n) is 3.00. The molecule has 0 aliphatic rings. The van der Waals surface area contributed by atoms with Gasteiger partial charge in [0.1, 0.15) is 0 Å². The summed E-state index contributed by atoms with van der Waals surface area (Å²) in [5.74, 6) is 0. The van der Waals surface area contributed by atoms with E-state index in [1.165, 1.54) is 0 Å². The molecule has 3 rings (SSSR count). The molecule has 3 nitrogen and oxygen atoms in total. The Hall–Kier alpha value is -1.89. The number of para-hydroxylation sites is 2. The van der Waals surface area contributed by atoms with Crippen molar-refractivity contribution < 1.29 is 4.21 Å². The van der Waals surface area contributed by atoms with E-state index in [4.69, 9.17) is 24.4 Å². The lowest BCUT2D eigenvalue weighted by Gasteiger charge is -2.18. The predicted octanol–water partition coefficient (Wildman–Crippen LogP) is 5.50. The summed E-state index contributed by atoms with van der Waals surface area (Å²) >= 11 is 10.6. The SMILES string of the molecule is CS(C)=O.S=c1c(Nc2ccccc2)c(Nc2ccccc2)c1=S. The third-order valence-corrected chi connectivity index (χ3v) is 3.94. The first-order chi connectivity index (χ1) is 11.5. The van der Waals surface area contributed by atoms with Crippen molar-refractivity contribution in [3.63, 3.8) is 0 Å². The Balaban J connectivity index is 0.000000471. The molecule has 2 N–H and O–H groups in total. The molecule has 0 atom stereocenters. The number of hydrogen-bond donors (Lipinski definition) is 2. The highest BCUT2D eigenvalue weighted by molar-refractivity contribution is 7.83. The van der Waals surface area contributed by atoms with Crippen molar-refractivity contribution in [1.82, 2.24) is 0 Å². The molecular weight excluding hydrogens is 356 g/mol. The highest BCUT2D eigenvalue weighted by Gasteiger charge is 2.14. The fourth-order valence-electron chi connectivity index (χ4n) is 1.96. The fraction of sp³-hybridized carbons (Fsp3) is 0.111. The zero-order chi connectivity index (χ0) is 17.5. The van der Waals surface area contributed by atoms with Crippen molar-refractivity contribution in [2.45, 2.75) is 0 Å². The van der Waals surface area contributed by atoms with Crippen LogP contribution in [-0.4, -0.2) is 16.7 Å². The smallest absolute Gasteiger partial charge is 0.0838 e. The highest BCUT2D eigenvalue weighted by Crippen LogP contribution is 2.36. The molecule has 24 heavy (non-hydrogen) atoms. The second-order valence-electron chi connectivity index (χ2n) is 5.13. The predicted molar refractivity (Wildman–Crippen MR) is 110 cm³/mol. The van der Waals surface area contributed by atoms with Gasteiger partial charge in [-0.2, -0.15) is 0 Å². The summed E-state index contributed by atoms with van der Waals surface area (Å²) in [4.78, 5) is 0. The molecule has 0 heterocycles. The summed E-state index contributed by atoms with van der Waals surface area (Å²) in [5, 5.41) is 6.63. The lowest BCUT2D eigenvalue weighted by atomic mass is 10.2. The molecule has 0 spiro atoms. The first-order valence-electron chi connectivity index (χ1n) is 7.21. The van der Waals surface area contributed by atoms with Gasteiger partial charge >= 0.3 is 0 Å². The minimum absolute atomic E-state index is 0.611. The van der Waals surface area contributed by atoms with Crippen LogP contribution < -0.4 is 10.6 Å². The molecule has 124 valence electrons. The molecular formula is C18H18N2OS3. The maximum absolute atomic E-state index is 9.56. The van der Waals surface area contributed by atoms with Crippen molar-refractivity contribution >= 4 is 58.0 Å². The molecule has 0 unspecified atom stereocenters. The number of anilines is 4. The molecule has 0 aromatic heterocycles.